The zero-order chi connectivity index (χ0) is 21.6. The van der Waals surface area contributed by atoms with Gasteiger partial charge in [-0.25, -0.2) is 13.8 Å². The van der Waals surface area contributed by atoms with E-state index in [9.17, 15) is 18.3 Å². The van der Waals surface area contributed by atoms with Crippen LogP contribution in [0.3, 0.4) is 0 Å². The molecular weight excluding hydrogens is 394 g/mol. The van der Waals surface area contributed by atoms with Gasteiger partial charge in [-0.3, -0.25) is 9.10 Å². The van der Waals surface area contributed by atoms with Crippen molar-refractivity contribution in [1.29, 1.82) is 0 Å². The fraction of sp³-hybridized carbons (Fsp3) is 0.300. The van der Waals surface area contributed by atoms with Gasteiger partial charge in [-0.2, -0.15) is 5.10 Å². The van der Waals surface area contributed by atoms with Crippen molar-refractivity contribution in [1.82, 2.24) is 5.43 Å². The molecule has 1 amide bonds. The van der Waals surface area contributed by atoms with E-state index >= 15 is 0 Å². The van der Waals surface area contributed by atoms with Crippen molar-refractivity contribution in [3.05, 3.63) is 53.6 Å². The lowest BCUT2D eigenvalue weighted by atomic mass is 10.0. The highest BCUT2D eigenvalue weighted by Gasteiger charge is 2.20. The number of carbonyl (C=O) groups is 1. The van der Waals surface area contributed by atoms with Crippen LogP contribution in [0.15, 0.2) is 47.6 Å². The van der Waals surface area contributed by atoms with Gasteiger partial charge in [-0.05, 0) is 35.7 Å². The number of carbonyl (C=O) groups excluding carboxylic acids is 1. The van der Waals surface area contributed by atoms with Gasteiger partial charge in [0.25, 0.3) is 5.91 Å². The highest BCUT2D eigenvalue weighted by atomic mass is 32.2. The maximum Gasteiger partial charge on any atom is 0.260 e. The van der Waals surface area contributed by atoms with Crippen LogP contribution >= 0.6 is 0 Å². The van der Waals surface area contributed by atoms with E-state index in [0.29, 0.717) is 17.2 Å². The number of rotatable bonds is 8. The number of hydrogen-bond acceptors (Lipinski definition) is 6. The molecule has 0 unspecified atom stereocenters. The standard InChI is InChI=1S/C20H25N3O5S/c1-14(2)15-8-10-17(11-9-15)23(29(4,26)27)13-19(24)22-21-12-16-6-5-7-18(28-3)20(16)25/h5-12,14,25H,13H2,1-4H3,(H,22,24)/b21-12-. The first-order chi connectivity index (χ1) is 13.6. The molecule has 2 aromatic rings. The Balaban J connectivity index is 2.11. The third-order valence-electron chi connectivity index (χ3n) is 4.18. The summed E-state index contributed by atoms with van der Waals surface area (Å²) in [4.78, 5) is 12.2. The molecule has 0 aliphatic heterocycles. The Morgan fingerprint density at radius 2 is 1.90 bits per heavy atom. The molecule has 0 fully saturated rings. The second-order valence-electron chi connectivity index (χ2n) is 6.71. The third-order valence-corrected chi connectivity index (χ3v) is 5.32. The summed E-state index contributed by atoms with van der Waals surface area (Å²) in [5, 5.41) is 13.8. The van der Waals surface area contributed by atoms with Crippen molar-refractivity contribution in [2.75, 3.05) is 24.2 Å². The molecule has 0 atom stereocenters. The molecule has 8 nitrogen and oxygen atoms in total. The zero-order valence-electron chi connectivity index (χ0n) is 16.8. The van der Waals surface area contributed by atoms with Crippen LogP contribution in [0.1, 0.15) is 30.9 Å². The van der Waals surface area contributed by atoms with E-state index in [4.69, 9.17) is 4.74 Å². The predicted octanol–water partition coefficient (Wildman–Crippen LogP) is 2.44. The molecule has 0 saturated heterocycles. The zero-order valence-corrected chi connectivity index (χ0v) is 17.6. The predicted molar refractivity (Wildman–Crippen MR) is 113 cm³/mol. The highest BCUT2D eigenvalue weighted by molar-refractivity contribution is 7.92. The van der Waals surface area contributed by atoms with Gasteiger partial charge < -0.3 is 9.84 Å². The Kier molecular flexibility index (Phi) is 7.22. The van der Waals surface area contributed by atoms with Gasteiger partial charge in [0, 0.05) is 5.56 Å². The van der Waals surface area contributed by atoms with Crippen molar-refractivity contribution in [2.45, 2.75) is 19.8 Å². The summed E-state index contributed by atoms with van der Waals surface area (Å²) in [5.41, 5.74) is 4.07. The van der Waals surface area contributed by atoms with Crippen molar-refractivity contribution < 1.29 is 23.1 Å². The molecule has 0 spiro atoms. The number of ether oxygens (including phenoxy) is 1. The largest absolute Gasteiger partial charge is 0.504 e. The maximum atomic E-state index is 12.2. The number of hydrazone groups is 1. The number of anilines is 1. The monoisotopic (exact) mass is 419 g/mol. The average molecular weight is 420 g/mol. The molecule has 156 valence electrons. The maximum absolute atomic E-state index is 12.2. The molecule has 0 aliphatic rings. The van der Waals surface area contributed by atoms with E-state index < -0.39 is 22.5 Å². The molecule has 0 bridgehead atoms. The van der Waals surface area contributed by atoms with Gasteiger partial charge in [0.05, 0.1) is 25.3 Å². The molecular formula is C20H25N3O5S. The summed E-state index contributed by atoms with van der Waals surface area (Å²) >= 11 is 0. The van der Waals surface area contributed by atoms with E-state index in [-0.39, 0.29) is 11.5 Å². The van der Waals surface area contributed by atoms with Gasteiger partial charge in [-0.1, -0.05) is 32.0 Å². The van der Waals surface area contributed by atoms with E-state index in [1.54, 1.807) is 30.3 Å². The number of methoxy groups -OCH3 is 1. The van der Waals surface area contributed by atoms with E-state index in [2.05, 4.69) is 10.5 Å². The van der Waals surface area contributed by atoms with Crippen LogP contribution in [0.25, 0.3) is 0 Å². The summed E-state index contributed by atoms with van der Waals surface area (Å²) in [6, 6.07) is 11.8. The Morgan fingerprint density at radius 3 is 2.45 bits per heavy atom. The number of nitrogens with one attached hydrogen (secondary N) is 1. The molecule has 2 rings (SSSR count). The molecule has 29 heavy (non-hydrogen) atoms. The summed E-state index contributed by atoms with van der Waals surface area (Å²) in [6.07, 6.45) is 2.28. The normalized spacial score (nSPS) is 11.6. The molecule has 9 heteroatoms. The van der Waals surface area contributed by atoms with Gasteiger partial charge in [0.15, 0.2) is 11.5 Å². The third kappa shape index (κ3) is 5.95. The molecule has 0 heterocycles. The van der Waals surface area contributed by atoms with Crippen molar-refractivity contribution in [3.63, 3.8) is 0 Å². The Bertz CT molecular complexity index is 986. The van der Waals surface area contributed by atoms with Crippen LogP contribution in [0.2, 0.25) is 0 Å². The number of hydrogen-bond donors (Lipinski definition) is 2. The number of phenols is 1. The fourth-order valence-corrected chi connectivity index (χ4v) is 3.43. The summed E-state index contributed by atoms with van der Waals surface area (Å²) < 4.78 is 30.3. The van der Waals surface area contributed by atoms with Crippen molar-refractivity contribution in [2.24, 2.45) is 5.10 Å². The quantitative estimate of drug-likeness (QED) is 0.505. The molecule has 0 aromatic heterocycles. The summed E-state index contributed by atoms with van der Waals surface area (Å²) in [6.45, 7) is 3.64. The lowest BCUT2D eigenvalue weighted by Gasteiger charge is -2.21. The van der Waals surface area contributed by atoms with Crippen LogP contribution in [0.4, 0.5) is 5.69 Å². The minimum atomic E-state index is -3.67. The first-order valence-electron chi connectivity index (χ1n) is 8.89. The van der Waals surface area contributed by atoms with Gasteiger partial charge in [0.2, 0.25) is 10.0 Å². The summed E-state index contributed by atoms with van der Waals surface area (Å²) in [7, 11) is -2.25. The number of aromatic hydroxyl groups is 1. The van der Waals surface area contributed by atoms with E-state index in [0.717, 1.165) is 16.1 Å². The van der Waals surface area contributed by atoms with Crippen LogP contribution < -0.4 is 14.5 Å². The molecule has 0 radical (unpaired) electrons. The Labute approximate surface area is 170 Å². The lowest BCUT2D eigenvalue weighted by Crippen LogP contribution is -2.39. The molecule has 2 N–H and O–H groups in total. The van der Waals surface area contributed by atoms with Crippen molar-refractivity contribution >= 4 is 27.8 Å². The first kappa shape index (κ1) is 22.2. The van der Waals surface area contributed by atoms with Crippen molar-refractivity contribution in [3.8, 4) is 11.5 Å². The van der Waals surface area contributed by atoms with Crippen LogP contribution in [-0.2, 0) is 14.8 Å². The number of benzene rings is 2. The minimum absolute atomic E-state index is 0.115. The topological polar surface area (TPSA) is 108 Å². The average Bonchev–Trinajstić information content (AvgIpc) is 2.66. The fourth-order valence-electron chi connectivity index (χ4n) is 2.57. The second kappa shape index (κ2) is 9.42. The van der Waals surface area contributed by atoms with Gasteiger partial charge in [-0.15, -0.1) is 0 Å². The molecule has 0 saturated carbocycles. The highest BCUT2D eigenvalue weighted by Crippen LogP contribution is 2.28. The van der Waals surface area contributed by atoms with Crippen LogP contribution in [0.5, 0.6) is 11.5 Å². The summed E-state index contributed by atoms with van der Waals surface area (Å²) in [5.74, 6) is -0.159. The SMILES string of the molecule is COc1cccc(/C=N\NC(=O)CN(c2ccc(C(C)C)cc2)S(C)(=O)=O)c1O. The minimum Gasteiger partial charge on any atom is -0.504 e. The molecule has 0 aliphatic carbocycles. The number of nitrogens with zero attached hydrogens (tertiary/aromatic N) is 2. The van der Waals surface area contributed by atoms with Gasteiger partial charge >= 0.3 is 0 Å². The van der Waals surface area contributed by atoms with Gasteiger partial charge in [0.1, 0.15) is 6.54 Å². The number of amides is 1. The first-order valence-corrected chi connectivity index (χ1v) is 10.7. The van der Waals surface area contributed by atoms with E-state index in [1.807, 2.05) is 26.0 Å². The number of sulfonamides is 1. The Morgan fingerprint density at radius 1 is 1.24 bits per heavy atom. The lowest BCUT2D eigenvalue weighted by molar-refractivity contribution is -0.119. The van der Waals surface area contributed by atoms with Crippen LogP contribution in [-0.4, -0.2) is 45.6 Å². The van der Waals surface area contributed by atoms with E-state index in [1.165, 1.54) is 13.3 Å². The smallest absolute Gasteiger partial charge is 0.260 e. The number of para-hydroxylation sites is 1. The Hall–Kier alpha value is -3.07. The molecule has 2 aromatic carbocycles. The van der Waals surface area contributed by atoms with Crippen LogP contribution in [0, 0.1) is 0 Å². The number of phenolic OH excluding ortho intramolecular Hbond substituents is 1. The second-order valence-corrected chi connectivity index (χ2v) is 8.61.